The maximum atomic E-state index is 13.3. The Labute approximate surface area is 201 Å². The maximum absolute atomic E-state index is 13.3. The first-order chi connectivity index (χ1) is 16.6. The third kappa shape index (κ3) is 5.31. The highest BCUT2D eigenvalue weighted by molar-refractivity contribution is 5.94. The number of nitrogens with zero attached hydrogens (tertiary/aromatic N) is 4. The van der Waals surface area contributed by atoms with E-state index >= 15 is 0 Å². The molecule has 1 aliphatic carbocycles. The van der Waals surface area contributed by atoms with Crippen LogP contribution in [-0.4, -0.2) is 52.5 Å². The van der Waals surface area contributed by atoms with Gasteiger partial charge >= 0.3 is 6.18 Å². The number of amides is 2. The molecule has 0 radical (unpaired) electrons. The molecule has 0 spiro atoms. The SMILES string of the molecule is CN=Cc1ccc(CN2C[C@H](C)n3nc(C4=C(NC(C)=O)CC(C(F)(F)F)CC4)cc3C2=O)cc1. The first-order valence-corrected chi connectivity index (χ1v) is 11.5. The van der Waals surface area contributed by atoms with Crippen LogP contribution in [0.15, 0.2) is 41.0 Å². The third-order valence-electron chi connectivity index (χ3n) is 6.43. The van der Waals surface area contributed by atoms with Crippen LogP contribution in [-0.2, 0) is 11.3 Å². The van der Waals surface area contributed by atoms with Crippen molar-refractivity contribution in [2.45, 2.75) is 51.9 Å². The number of allylic oxidation sites excluding steroid dienone is 2. The smallest absolute Gasteiger partial charge is 0.331 e. The van der Waals surface area contributed by atoms with Gasteiger partial charge < -0.3 is 10.2 Å². The van der Waals surface area contributed by atoms with E-state index in [0.717, 1.165) is 11.1 Å². The average molecular weight is 488 g/mol. The highest BCUT2D eigenvalue weighted by atomic mass is 19.4. The van der Waals surface area contributed by atoms with E-state index in [1.165, 1.54) is 6.92 Å². The topological polar surface area (TPSA) is 79.6 Å². The molecule has 1 unspecified atom stereocenters. The lowest BCUT2D eigenvalue weighted by atomic mass is 9.85. The van der Waals surface area contributed by atoms with Gasteiger partial charge in [-0.15, -0.1) is 0 Å². The summed E-state index contributed by atoms with van der Waals surface area (Å²) >= 11 is 0. The molecule has 1 aromatic heterocycles. The van der Waals surface area contributed by atoms with Crippen molar-refractivity contribution in [1.29, 1.82) is 0 Å². The standard InChI is InChI=1S/C25H28F3N5O2/c1-15-13-32(14-18-6-4-17(5-7-18)12-29-3)24(35)23-11-22(31-33(15)23)20-9-8-19(25(26,27)28)10-21(20)30-16(2)34/h4-7,11-12,15,19H,8-10,13-14H2,1-3H3,(H,30,34)/t15-,19?/m0/s1. The Morgan fingerprint density at radius 1 is 1.29 bits per heavy atom. The predicted octanol–water partition coefficient (Wildman–Crippen LogP) is 4.36. The van der Waals surface area contributed by atoms with E-state index in [-0.39, 0.29) is 36.9 Å². The molecular weight excluding hydrogens is 459 g/mol. The van der Waals surface area contributed by atoms with Gasteiger partial charge in [0.25, 0.3) is 5.91 Å². The molecule has 2 atom stereocenters. The number of aliphatic imine (C=N–C) groups is 1. The fourth-order valence-corrected chi connectivity index (χ4v) is 4.74. The highest BCUT2D eigenvalue weighted by Crippen LogP contribution is 2.42. The third-order valence-corrected chi connectivity index (χ3v) is 6.43. The lowest BCUT2D eigenvalue weighted by Crippen LogP contribution is -2.41. The average Bonchev–Trinajstić information content (AvgIpc) is 3.24. The molecule has 1 aliphatic heterocycles. The quantitative estimate of drug-likeness (QED) is 0.637. The summed E-state index contributed by atoms with van der Waals surface area (Å²) in [6.45, 7) is 4.11. The lowest BCUT2D eigenvalue weighted by Gasteiger charge is -2.31. The summed E-state index contributed by atoms with van der Waals surface area (Å²) in [6, 6.07) is 9.31. The van der Waals surface area contributed by atoms with E-state index in [9.17, 15) is 22.8 Å². The zero-order valence-corrected chi connectivity index (χ0v) is 19.9. The van der Waals surface area contributed by atoms with Gasteiger partial charge in [-0.1, -0.05) is 24.3 Å². The van der Waals surface area contributed by atoms with Crippen molar-refractivity contribution in [2.75, 3.05) is 13.6 Å². The number of hydrogen-bond donors (Lipinski definition) is 1. The van der Waals surface area contributed by atoms with Crippen molar-refractivity contribution in [1.82, 2.24) is 20.0 Å². The first kappa shape index (κ1) is 24.7. The number of carbonyl (C=O) groups excluding carboxylic acids is 2. The molecule has 0 saturated heterocycles. The summed E-state index contributed by atoms with van der Waals surface area (Å²) in [5.41, 5.74) is 3.57. The van der Waals surface area contributed by atoms with E-state index in [0.29, 0.717) is 30.1 Å². The van der Waals surface area contributed by atoms with E-state index in [1.54, 1.807) is 28.9 Å². The van der Waals surface area contributed by atoms with Crippen LogP contribution in [0.5, 0.6) is 0 Å². The van der Waals surface area contributed by atoms with Gasteiger partial charge in [0, 0.05) is 39.0 Å². The van der Waals surface area contributed by atoms with Gasteiger partial charge in [-0.3, -0.25) is 19.3 Å². The van der Waals surface area contributed by atoms with Gasteiger partial charge in [-0.05, 0) is 49.0 Å². The van der Waals surface area contributed by atoms with Gasteiger partial charge in [-0.2, -0.15) is 18.3 Å². The number of alkyl halides is 3. The molecular formula is C25H28F3N5O2. The van der Waals surface area contributed by atoms with Crippen LogP contribution in [0.3, 0.4) is 0 Å². The molecule has 1 N–H and O–H groups in total. The van der Waals surface area contributed by atoms with Gasteiger partial charge in [0.05, 0.1) is 17.7 Å². The minimum Gasteiger partial charge on any atom is -0.331 e. The normalized spacial score (nSPS) is 21.0. The Bertz CT molecular complexity index is 1180. The summed E-state index contributed by atoms with van der Waals surface area (Å²) in [4.78, 5) is 30.7. The minimum absolute atomic E-state index is 0.0848. The zero-order valence-electron chi connectivity index (χ0n) is 19.9. The Morgan fingerprint density at radius 2 is 2.00 bits per heavy atom. The van der Waals surface area contributed by atoms with Crippen LogP contribution >= 0.6 is 0 Å². The van der Waals surface area contributed by atoms with Crippen LogP contribution in [0.4, 0.5) is 13.2 Å². The number of hydrogen-bond acceptors (Lipinski definition) is 4. The maximum Gasteiger partial charge on any atom is 0.392 e. The van der Waals surface area contributed by atoms with Crippen molar-refractivity contribution in [2.24, 2.45) is 10.9 Å². The fourth-order valence-electron chi connectivity index (χ4n) is 4.74. The molecule has 186 valence electrons. The van der Waals surface area contributed by atoms with Crippen molar-refractivity contribution in [3.05, 3.63) is 58.5 Å². The monoisotopic (exact) mass is 487 g/mol. The summed E-state index contributed by atoms with van der Waals surface area (Å²) in [6.07, 6.45) is -2.86. The summed E-state index contributed by atoms with van der Waals surface area (Å²) < 4.78 is 41.7. The number of nitrogens with one attached hydrogen (secondary N) is 1. The molecule has 7 nitrogen and oxygen atoms in total. The molecule has 2 aliphatic rings. The van der Waals surface area contributed by atoms with Crippen molar-refractivity contribution >= 4 is 23.6 Å². The summed E-state index contributed by atoms with van der Waals surface area (Å²) in [5.74, 6) is -2.14. The van der Waals surface area contributed by atoms with Crippen molar-refractivity contribution in [3.8, 4) is 0 Å². The molecule has 0 bridgehead atoms. The number of benzene rings is 1. The van der Waals surface area contributed by atoms with Crippen LogP contribution in [0, 0.1) is 5.92 Å². The predicted molar refractivity (Wildman–Crippen MR) is 126 cm³/mol. The second-order valence-electron chi connectivity index (χ2n) is 9.14. The van der Waals surface area contributed by atoms with Crippen LogP contribution in [0.2, 0.25) is 0 Å². The van der Waals surface area contributed by atoms with E-state index in [1.807, 2.05) is 31.2 Å². The number of carbonyl (C=O) groups is 2. The van der Waals surface area contributed by atoms with Crippen molar-refractivity contribution in [3.63, 3.8) is 0 Å². The fraction of sp³-hybridized carbons (Fsp3) is 0.440. The summed E-state index contributed by atoms with van der Waals surface area (Å²) in [7, 11) is 1.70. The Hall–Kier alpha value is -3.43. The molecule has 0 fully saturated rings. The van der Waals surface area contributed by atoms with E-state index < -0.39 is 18.0 Å². The Balaban J connectivity index is 1.61. The number of aromatic nitrogens is 2. The van der Waals surface area contributed by atoms with Crippen LogP contribution in [0.25, 0.3) is 5.57 Å². The van der Waals surface area contributed by atoms with Gasteiger partial charge in [-0.25, -0.2) is 0 Å². The van der Waals surface area contributed by atoms with Gasteiger partial charge in [0.15, 0.2) is 0 Å². The van der Waals surface area contributed by atoms with Crippen molar-refractivity contribution < 1.29 is 22.8 Å². The van der Waals surface area contributed by atoms with E-state index in [2.05, 4.69) is 15.4 Å². The Morgan fingerprint density at radius 3 is 2.63 bits per heavy atom. The number of halogens is 3. The molecule has 35 heavy (non-hydrogen) atoms. The second kappa shape index (κ2) is 9.67. The van der Waals surface area contributed by atoms with Gasteiger partial charge in [0.2, 0.25) is 5.91 Å². The Kier molecular flexibility index (Phi) is 6.82. The molecule has 2 heterocycles. The molecule has 2 aromatic rings. The number of rotatable bonds is 5. The molecule has 0 saturated carbocycles. The van der Waals surface area contributed by atoms with Gasteiger partial charge in [0.1, 0.15) is 5.69 Å². The van der Waals surface area contributed by atoms with Crippen LogP contribution < -0.4 is 5.32 Å². The first-order valence-electron chi connectivity index (χ1n) is 11.5. The molecule has 4 rings (SSSR count). The lowest BCUT2D eigenvalue weighted by molar-refractivity contribution is -0.176. The molecule has 2 amide bonds. The van der Waals surface area contributed by atoms with Crippen LogP contribution in [0.1, 0.15) is 66.5 Å². The molecule has 1 aromatic carbocycles. The highest BCUT2D eigenvalue weighted by Gasteiger charge is 2.42. The zero-order chi connectivity index (χ0) is 25.3. The van der Waals surface area contributed by atoms with E-state index in [4.69, 9.17) is 0 Å². The largest absolute Gasteiger partial charge is 0.392 e. The second-order valence-corrected chi connectivity index (χ2v) is 9.14. The minimum atomic E-state index is -4.34. The number of fused-ring (bicyclic) bond motifs is 1. The molecule has 10 heteroatoms. The summed E-state index contributed by atoms with van der Waals surface area (Å²) in [5, 5.41) is 7.17.